The van der Waals surface area contributed by atoms with Crippen molar-refractivity contribution in [2.75, 3.05) is 17.6 Å². The van der Waals surface area contributed by atoms with Crippen molar-refractivity contribution in [3.8, 4) is 11.3 Å². The molecule has 11 heteroatoms. The van der Waals surface area contributed by atoms with Gasteiger partial charge in [0.25, 0.3) is 0 Å². The second kappa shape index (κ2) is 11.5. The molecule has 0 amide bonds. The van der Waals surface area contributed by atoms with Crippen molar-refractivity contribution in [3.05, 3.63) is 47.4 Å². The van der Waals surface area contributed by atoms with E-state index in [9.17, 15) is 17.6 Å². The van der Waals surface area contributed by atoms with Crippen LogP contribution in [0.25, 0.3) is 17.3 Å². The van der Waals surface area contributed by atoms with E-state index in [0.717, 1.165) is 10.6 Å². The molecule has 2 heterocycles. The van der Waals surface area contributed by atoms with E-state index in [1.54, 1.807) is 18.2 Å². The number of benzene rings is 1. The van der Waals surface area contributed by atoms with Crippen molar-refractivity contribution in [3.63, 3.8) is 0 Å². The molecule has 0 unspecified atom stereocenters. The average Bonchev–Trinajstić information content (AvgIpc) is 2.80. The molecule has 0 saturated carbocycles. The fourth-order valence-corrected chi connectivity index (χ4v) is 5.74. The first-order chi connectivity index (χ1) is 17.9. The van der Waals surface area contributed by atoms with Crippen molar-refractivity contribution in [2.45, 2.75) is 83.7 Å². The number of esters is 1. The second-order valence-electron chi connectivity index (χ2n) is 11.9. The summed E-state index contributed by atoms with van der Waals surface area (Å²) in [6.45, 7) is 14.7. The van der Waals surface area contributed by atoms with Crippen LogP contribution in [0.3, 0.4) is 0 Å². The summed E-state index contributed by atoms with van der Waals surface area (Å²) in [5.74, 6) is -0.792. The van der Waals surface area contributed by atoms with Crippen LogP contribution in [0.4, 0.5) is 10.3 Å². The van der Waals surface area contributed by atoms with E-state index in [4.69, 9.17) is 9.16 Å². The molecule has 1 aliphatic heterocycles. The number of anilines is 1. The van der Waals surface area contributed by atoms with Gasteiger partial charge in [-0.1, -0.05) is 40.7 Å². The number of sulfonamides is 1. The maximum Gasteiger partial charge on any atom is 0.308 e. The van der Waals surface area contributed by atoms with E-state index in [1.807, 2.05) is 19.9 Å². The Labute approximate surface area is 232 Å². The van der Waals surface area contributed by atoms with Crippen molar-refractivity contribution >= 4 is 36.3 Å². The number of carbonyl (C=O) groups is 1. The molecule has 2 aromatic rings. The molecule has 3 rings (SSSR count). The monoisotopic (exact) mass is 577 g/mol. The van der Waals surface area contributed by atoms with Gasteiger partial charge in [-0.25, -0.2) is 27.1 Å². The third kappa shape index (κ3) is 7.52. The number of hydrogen-bond donors (Lipinski definition) is 0. The van der Waals surface area contributed by atoms with E-state index in [2.05, 4.69) is 43.8 Å². The summed E-state index contributed by atoms with van der Waals surface area (Å²) in [6.07, 6.45) is 4.67. The third-order valence-corrected chi connectivity index (χ3v) is 13.0. The quantitative estimate of drug-likeness (QED) is 0.284. The van der Waals surface area contributed by atoms with Crippen LogP contribution in [0.1, 0.15) is 64.6 Å². The molecular formula is C28H40FN3O5SSi. The van der Waals surface area contributed by atoms with Crippen molar-refractivity contribution < 1.29 is 26.8 Å². The predicted molar refractivity (Wildman–Crippen MR) is 155 cm³/mol. The van der Waals surface area contributed by atoms with Gasteiger partial charge in [0, 0.05) is 24.6 Å². The molecule has 0 bridgehead atoms. The zero-order valence-electron chi connectivity index (χ0n) is 24.3. The minimum Gasteiger partial charge on any atom is -0.458 e. The van der Waals surface area contributed by atoms with E-state index in [1.165, 1.54) is 19.2 Å². The minimum absolute atomic E-state index is 0.00806. The number of halogens is 1. The van der Waals surface area contributed by atoms with Gasteiger partial charge in [0.2, 0.25) is 16.0 Å². The first kappa shape index (κ1) is 30.9. The molecule has 1 fully saturated rings. The highest BCUT2D eigenvalue weighted by Crippen LogP contribution is 2.39. The zero-order chi connectivity index (χ0) is 29.3. The number of aromatic nitrogens is 2. The van der Waals surface area contributed by atoms with E-state index in [-0.39, 0.29) is 35.4 Å². The van der Waals surface area contributed by atoms with Gasteiger partial charge >= 0.3 is 5.97 Å². The van der Waals surface area contributed by atoms with E-state index in [0.29, 0.717) is 28.9 Å². The number of nitrogens with zero attached hydrogens (tertiary/aromatic N) is 3. The van der Waals surface area contributed by atoms with Crippen LogP contribution >= 0.6 is 0 Å². The standard InChI is InChI=1S/C28H40FN3O5SSi/c1-18(2)25-23(15-14-21-16-22(17-24(33)36-21)37-39(8,9)28(3,4)5)26(19-10-12-20(29)13-11-19)31-27(30-25)32(6)38(7,34)35/h10-15,18,21-22H,16-17H2,1-9H3/b15-14-/t21-,22-/m1/s1. The number of hydrogen-bond acceptors (Lipinski definition) is 7. The first-order valence-corrected chi connectivity index (χ1v) is 17.8. The molecule has 0 N–H and O–H groups in total. The van der Waals surface area contributed by atoms with Gasteiger partial charge in [-0.2, -0.15) is 0 Å². The topological polar surface area (TPSA) is 98.7 Å². The third-order valence-electron chi connectivity index (χ3n) is 7.32. The lowest BCUT2D eigenvalue weighted by Crippen LogP contribution is -2.46. The summed E-state index contributed by atoms with van der Waals surface area (Å²) < 4.78 is 51.5. The van der Waals surface area contributed by atoms with Gasteiger partial charge in [0.1, 0.15) is 11.9 Å². The Balaban J connectivity index is 2.06. The fourth-order valence-electron chi connectivity index (χ4n) is 3.99. The Bertz CT molecular complexity index is 1340. The highest BCUT2D eigenvalue weighted by atomic mass is 32.2. The Morgan fingerprint density at radius 2 is 1.79 bits per heavy atom. The van der Waals surface area contributed by atoms with Gasteiger partial charge in [-0.3, -0.25) is 4.79 Å². The van der Waals surface area contributed by atoms with Crippen molar-refractivity contribution in [2.24, 2.45) is 0 Å². The zero-order valence-corrected chi connectivity index (χ0v) is 26.1. The minimum atomic E-state index is -3.62. The molecule has 214 valence electrons. The Kier molecular flexibility index (Phi) is 9.08. The SMILES string of the molecule is CC(C)c1nc(N(C)S(C)(=O)=O)nc(-c2ccc(F)cc2)c1/C=C\[C@@H]1C[C@@H](O[Si](C)(C)C(C)(C)C)CC(=O)O1. The lowest BCUT2D eigenvalue weighted by atomic mass is 9.97. The molecule has 1 saturated heterocycles. The van der Waals surface area contributed by atoms with Gasteiger partial charge in [0.15, 0.2) is 8.32 Å². The first-order valence-electron chi connectivity index (χ1n) is 13.1. The molecule has 8 nitrogen and oxygen atoms in total. The Morgan fingerprint density at radius 3 is 2.33 bits per heavy atom. The highest BCUT2D eigenvalue weighted by Gasteiger charge is 2.41. The highest BCUT2D eigenvalue weighted by molar-refractivity contribution is 7.92. The van der Waals surface area contributed by atoms with Crippen LogP contribution in [0.5, 0.6) is 0 Å². The molecule has 0 aliphatic carbocycles. The van der Waals surface area contributed by atoms with Gasteiger partial charge < -0.3 is 9.16 Å². The number of ether oxygens (including phenoxy) is 1. The molecule has 1 aromatic heterocycles. The van der Waals surface area contributed by atoms with E-state index < -0.39 is 30.3 Å². The lowest BCUT2D eigenvalue weighted by Gasteiger charge is -2.40. The maximum atomic E-state index is 13.7. The van der Waals surface area contributed by atoms with Crippen LogP contribution in [0.2, 0.25) is 18.1 Å². The van der Waals surface area contributed by atoms with Crippen molar-refractivity contribution in [1.82, 2.24) is 9.97 Å². The summed E-state index contributed by atoms with van der Waals surface area (Å²) in [5.41, 5.74) is 2.31. The molecule has 0 spiro atoms. The van der Waals surface area contributed by atoms with E-state index >= 15 is 0 Å². The lowest BCUT2D eigenvalue weighted by molar-refractivity contribution is -0.155. The molecular weight excluding hydrogens is 537 g/mol. The Hall–Kier alpha value is -2.63. The average molecular weight is 578 g/mol. The number of cyclic esters (lactones) is 1. The van der Waals surface area contributed by atoms with Crippen LogP contribution in [0, 0.1) is 5.82 Å². The number of carbonyl (C=O) groups excluding carboxylic acids is 1. The summed E-state index contributed by atoms with van der Waals surface area (Å²) in [4.78, 5) is 21.7. The van der Waals surface area contributed by atoms with Crippen LogP contribution in [-0.2, 0) is 24.0 Å². The van der Waals surface area contributed by atoms with Crippen molar-refractivity contribution in [1.29, 1.82) is 0 Å². The van der Waals surface area contributed by atoms with Crippen LogP contribution < -0.4 is 4.31 Å². The Morgan fingerprint density at radius 1 is 1.18 bits per heavy atom. The summed E-state index contributed by atoms with van der Waals surface area (Å²) in [5, 5.41) is 0.00806. The molecule has 2 atom stereocenters. The second-order valence-corrected chi connectivity index (χ2v) is 18.7. The summed E-state index contributed by atoms with van der Waals surface area (Å²) in [6, 6.07) is 5.83. The normalized spacial score (nSPS) is 19.0. The van der Waals surface area contributed by atoms with Gasteiger partial charge in [-0.05, 0) is 54.4 Å². The maximum absolute atomic E-state index is 13.7. The molecule has 39 heavy (non-hydrogen) atoms. The van der Waals surface area contributed by atoms with Crippen LogP contribution in [0.15, 0.2) is 30.3 Å². The fraction of sp³-hybridized carbons (Fsp3) is 0.536. The smallest absolute Gasteiger partial charge is 0.308 e. The number of rotatable bonds is 8. The van der Waals surface area contributed by atoms with Crippen LogP contribution in [-0.4, -0.2) is 58.2 Å². The predicted octanol–water partition coefficient (Wildman–Crippen LogP) is 5.91. The summed E-state index contributed by atoms with van der Waals surface area (Å²) in [7, 11) is -4.32. The van der Waals surface area contributed by atoms with Gasteiger partial charge in [-0.15, -0.1) is 0 Å². The summed E-state index contributed by atoms with van der Waals surface area (Å²) >= 11 is 0. The molecule has 1 aromatic carbocycles. The molecule has 1 aliphatic rings. The molecule has 0 radical (unpaired) electrons. The van der Waals surface area contributed by atoms with Gasteiger partial charge in [0.05, 0.1) is 30.2 Å². The largest absolute Gasteiger partial charge is 0.458 e.